The summed E-state index contributed by atoms with van der Waals surface area (Å²) in [5, 5.41) is 11.8. The van der Waals surface area contributed by atoms with Crippen molar-refractivity contribution in [2.45, 2.75) is 45.3 Å². The van der Waals surface area contributed by atoms with Crippen LogP contribution < -0.4 is 14.8 Å². The van der Waals surface area contributed by atoms with Crippen molar-refractivity contribution in [1.29, 1.82) is 0 Å². The van der Waals surface area contributed by atoms with Gasteiger partial charge in [-0.15, -0.1) is 5.10 Å². The Hall–Kier alpha value is -2.32. The molecule has 1 N–H and O–H groups in total. The van der Waals surface area contributed by atoms with E-state index < -0.39 is 0 Å². The van der Waals surface area contributed by atoms with E-state index in [4.69, 9.17) is 21.1 Å². The Kier molecular flexibility index (Phi) is 5.41. The zero-order valence-corrected chi connectivity index (χ0v) is 16.8. The van der Waals surface area contributed by atoms with Crippen LogP contribution in [0.15, 0.2) is 18.3 Å². The van der Waals surface area contributed by atoms with Gasteiger partial charge in [-0.3, -0.25) is 9.69 Å². The molecule has 9 heteroatoms. The summed E-state index contributed by atoms with van der Waals surface area (Å²) in [6.45, 7) is 6.60. The normalized spacial score (nSPS) is 19.2. The fraction of sp³-hybridized carbons (Fsp3) is 0.526. The molecule has 8 nitrogen and oxygen atoms in total. The quantitative estimate of drug-likeness (QED) is 0.823. The van der Waals surface area contributed by atoms with E-state index in [0.717, 1.165) is 43.8 Å². The van der Waals surface area contributed by atoms with Crippen LogP contribution in [0.1, 0.15) is 48.8 Å². The average molecular weight is 406 g/mol. The number of aromatic nitrogens is 3. The lowest BCUT2D eigenvalue weighted by Gasteiger charge is -2.32. The van der Waals surface area contributed by atoms with Crippen LogP contribution in [-0.4, -0.2) is 51.7 Å². The zero-order chi connectivity index (χ0) is 19.7. The number of hydrogen-bond donors (Lipinski definition) is 1. The third kappa shape index (κ3) is 4.07. The molecular weight excluding hydrogens is 382 g/mol. The molecule has 0 spiro atoms. The first-order valence-electron chi connectivity index (χ1n) is 9.52. The second kappa shape index (κ2) is 7.97. The van der Waals surface area contributed by atoms with E-state index in [0.29, 0.717) is 16.5 Å². The Bertz CT molecular complexity index is 869. The highest BCUT2D eigenvalue weighted by molar-refractivity contribution is 6.31. The maximum absolute atomic E-state index is 12.1. The van der Waals surface area contributed by atoms with E-state index in [1.165, 1.54) is 0 Å². The molecule has 0 bridgehead atoms. The highest BCUT2D eigenvalue weighted by Crippen LogP contribution is 2.37. The van der Waals surface area contributed by atoms with Crippen molar-refractivity contribution in [3.8, 4) is 11.5 Å². The third-order valence-electron chi connectivity index (χ3n) is 4.95. The number of rotatable bonds is 5. The molecule has 2 aromatic rings. The molecule has 1 saturated heterocycles. The molecule has 150 valence electrons. The van der Waals surface area contributed by atoms with Gasteiger partial charge in [0, 0.05) is 30.2 Å². The summed E-state index contributed by atoms with van der Waals surface area (Å²) >= 11 is 6.43. The maximum atomic E-state index is 12.1. The van der Waals surface area contributed by atoms with Gasteiger partial charge in [-0.05, 0) is 44.9 Å². The van der Waals surface area contributed by atoms with Crippen molar-refractivity contribution < 1.29 is 14.3 Å². The topological polar surface area (TPSA) is 81.5 Å². The van der Waals surface area contributed by atoms with Gasteiger partial charge in [0.2, 0.25) is 6.79 Å². The average Bonchev–Trinajstić information content (AvgIpc) is 3.31. The minimum absolute atomic E-state index is 0.0641. The summed E-state index contributed by atoms with van der Waals surface area (Å²) in [5.74, 6) is 1.24. The summed E-state index contributed by atoms with van der Waals surface area (Å²) in [6.07, 6.45) is 3.78. The monoisotopic (exact) mass is 405 g/mol. The number of likely N-dealkylation sites (tertiary alicyclic amines) is 1. The predicted octanol–water partition coefficient (Wildman–Crippen LogP) is 2.64. The lowest BCUT2D eigenvalue weighted by molar-refractivity contribution is 0.0938. The summed E-state index contributed by atoms with van der Waals surface area (Å²) in [4.78, 5) is 14.5. The molecule has 2 aliphatic heterocycles. The van der Waals surface area contributed by atoms with Gasteiger partial charge in [-0.1, -0.05) is 16.8 Å². The summed E-state index contributed by atoms with van der Waals surface area (Å²) in [6, 6.07) is 4.01. The Labute approximate surface area is 168 Å². The summed E-state index contributed by atoms with van der Waals surface area (Å²) in [5.41, 5.74) is 1.37. The first kappa shape index (κ1) is 19.0. The van der Waals surface area contributed by atoms with E-state index in [9.17, 15) is 4.79 Å². The van der Waals surface area contributed by atoms with E-state index >= 15 is 0 Å². The highest BCUT2D eigenvalue weighted by Gasteiger charge is 2.25. The smallest absolute Gasteiger partial charge is 0.273 e. The number of nitrogens with zero attached hydrogens (tertiary/aromatic N) is 4. The lowest BCUT2D eigenvalue weighted by Crippen LogP contribution is -2.36. The molecule has 1 aromatic heterocycles. The molecule has 4 rings (SSSR count). The number of fused-ring (bicyclic) bond motifs is 1. The standard InChI is InChI=1S/C19H24ClN5O3/c1-12(2)21-19(26)16-10-25(23-22-16)14-4-3-5-24(9-14)8-13-6-17-18(7-15(13)20)28-11-27-17/h6-7,10,12,14H,3-5,8-9,11H2,1-2H3,(H,21,26)/t14-/m0/s1. The van der Waals surface area contributed by atoms with Gasteiger partial charge in [0.25, 0.3) is 5.91 Å². The molecular formula is C19H24ClN5O3. The number of carbonyl (C=O) groups excluding carboxylic acids is 1. The van der Waals surface area contributed by atoms with Crippen LogP contribution in [0.2, 0.25) is 5.02 Å². The molecule has 2 aliphatic rings. The number of benzene rings is 1. The highest BCUT2D eigenvalue weighted by atomic mass is 35.5. The van der Waals surface area contributed by atoms with Crippen LogP contribution in [0, 0.1) is 0 Å². The van der Waals surface area contributed by atoms with Gasteiger partial charge in [0.15, 0.2) is 17.2 Å². The van der Waals surface area contributed by atoms with Crippen LogP contribution in [0.4, 0.5) is 0 Å². The molecule has 1 aromatic carbocycles. The molecule has 1 atom stereocenters. The van der Waals surface area contributed by atoms with Gasteiger partial charge in [0.1, 0.15) is 0 Å². The van der Waals surface area contributed by atoms with Crippen LogP contribution in [0.5, 0.6) is 11.5 Å². The minimum Gasteiger partial charge on any atom is -0.454 e. The molecule has 1 fully saturated rings. The fourth-order valence-electron chi connectivity index (χ4n) is 3.61. The number of nitrogens with one attached hydrogen (secondary N) is 1. The van der Waals surface area contributed by atoms with Crippen molar-refractivity contribution in [2.75, 3.05) is 19.9 Å². The van der Waals surface area contributed by atoms with Crippen LogP contribution in [0.3, 0.4) is 0 Å². The minimum atomic E-state index is -0.193. The molecule has 3 heterocycles. The Balaban J connectivity index is 1.42. The molecule has 28 heavy (non-hydrogen) atoms. The second-order valence-corrected chi connectivity index (χ2v) is 7.95. The SMILES string of the molecule is CC(C)NC(=O)c1cn([C@H]2CCCN(Cc3cc4c(cc3Cl)OCO4)C2)nn1. The van der Waals surface area contributed by atoms with Gasteiger partial charge < -0.3 is 14.8 Å². The maximum Gasteiger partial charge on any atom is 0.273 e. The summed E-state index contributed by atoms with van der Waals surface area (Å²) < 4.78 is 12.6. The number of carbonyl (C=O) groups is 1. The largest absolute Gasteiger partial charge is 0.454 e. The Morgan fingerprint density at radius 1 is 1.36 bits per heavy atom. The molecule has 0 unspecified atom stereocenters. The predicted molar refractivity (Wildman–Crippen MR) is 104 cm³/mol. The third-order valence-corrected chi connectivity index (χ3v) is 5.30. The number of amides is 1. The molecule has 0 radical (unpaired) electrons. The number of halogens is 1. The zero-order valence-electron chi connectivity index (χ0n) is 16.0. The Morgan fingerprint density at radius 3 is 2.93 bits per heavy atom. The fourth-order valence-corrected chi connectivity index (χ4v) is 3.82. The first-order valence-corrected chi connectivity index (χ1v) is 9.90. The second-order valence-electron chi connectivity index (χ2n) is 7.54. The number of ether oxygens (including phenoxy) is 2. The van der Waals surface area contributed by atoms with E-state index in [1.54, 1.807) is 6.20 Å². The number of piperidine rings is 1. The van der Waals surface area contributed by atoms with Crippen LogP contribution in [0.25, 0.3) is 0 Å². The van der Waals surface area contributed by atoms with Crippen molar-refractivity contribution in [2.24, 2.45) is 0 Å². The Morgan fingerprint density at radius 2 is 2.14 bits per heavy atom. The van der Waals surface area contributed by atoms with E-state index in [1.807, 2.05) is 30.7 Å². The molecule has 0 saturated carbocycles. The van der Waals surface area contributed by atoms with Gasteiger partial charge >= 0.3 is 0 Å². The van der Waals surface area contributed by atoms with Gasteiger partial charge in [-0.25, -0.2) is 4.68 Å². The van der Waals surface area contributed by atoms with E-state index in [-0.39, 0.29) is 24.8 Å². The van der Waals surface area contributed by atoms with Crippen LogP contribution >= 0.6 is 11.6 Å². The molecule has 1 amide bonds. The lowest BCUT2D eigenvalue weighted by atomic mass is 10.0. The van der Waals surface area contributed by atoms with Crippen molar-refractivity contribution in [1.82, 2.24) is 25.2 Å². The van der Waals surface area contributed by atoms with Crippen molar-refractivity contribution in [3.05, 3.63) is 34.6 Å². The number of hydrogen-bond acceptors (Lipinski definition) is 6. The van der Waals surface area contributed by atoms with Crippen molar-refractivity contribution in [3.63, 3.8) is 0 Å². The van der Waals surface area contributed by atoms with Crippen molar-refractivity contribution >= 4 is 17.5 Å². The van der Waals surface area contributed by atoms with Gasteiger partial charge in [0.05, 0.1) is 12.2 Å². The van der Waals surface area contributed by atoms with Crippen LogP contribution in [-0.2, 0) is 6.54 Å². The molecule has 0 aliphatic carbocycles. The van der Waals surface area contributed by atoms with E-state index in [2.05, 4.69) is 20.5 Å². The summed E-state index contributed by atoms with van der Waals surface area (Å²) in [7, 11) is 0. The first-order chi connectivity index (χ1) is 13.5. The van der Waals surface area contributed by atoms with Gasteiger partial charge in [-0.2, -0.15) is 0 Å².